The van der Waals surface area contributed by atoms with Crippen molar-refractivity contribution in [2.45, 2.75) is 25.9 Å². The minimum atomic E-state index is -3.53. The van der Waals surface area contributed by atoms with E-state index in [-0.39, 0.29) is 18.2 Å². The Bertz CT molecular complexity index is 962. The number of anilines is 1. The molecule has 0 spiro atoms. The second kappa shape index (κ2) is 7.28. The highest BCUT2D eigenvalue weighted by atomic mass is 32.2. The molecule has 0 fully saturated rings. The minimum Gasteiger partial charge on any atom is -0.325 e. The molecular weight excluding hydrogens is 350 g/mol. The standard InChI is InChI=1S/C19H19N3O3S/c1-2-26(24,25)22-13-16-6-4-3-5-15(16)11-18(22)19(23)21-17-9-7-14(12-20)8-10-17/h3-10,18H,2,11,13H2,1H3,(H,21,23)/t18-/m1/s1. The van der Waals surface area contributed by atoms with E-state index in [0.717, 1.165) is 11.1 Å². The van der Waals surface area contributed by atoms with Crippen LogP contribution in [0.5, 0.6) is 0 Å². The summed E-state index contributed by atoms with van der Waals surface area (Å²) >= 11 is 0. The molecule has 0 radical (unpaired) electrons. The molecule has 26 heavy (non-hydrogen) atoms. The van der Waals surface area contributed by atoms with Crippen molar-refractivity contribution < 1.29 is 13.2 Å². The normalized spacial score (nSPS) is 17.2. The molecule has 0 unspecified atom stereocenters. The molecule has 3 rings (SSSR count). The Morgan fingerprint density at radius 1 is 1.19 bits per heavy atom. The van der Waals surface area contributed by atoms with Gasteiger partial charge < -0.3 is 5.32 Å². The lowest BCUT2D eigenvalue weighted by Gasteiger charge is -2.34. The van der Waals surface area contributed by atoms with Crippen LogP contribution in [0.15, 0.2) is 48.5 Å². The Morgan fingerprint density at radius 3 is 2.46 bits per heavy atom. The number of nitrogens with one attached hydrogen (secondary N) is 1. The van der Waals surface area contributed by atoms with Gasteiger partial charge in [0, 0.05) is 12.2 Å². The third-order valence-electron chi connectivity index (χ3n) is 4.51. The highest BCUT2D eigenvalue weighted by Crippen LogP contribution is 2.27. The van der Waals surface area contributed by atoms with Crippen LogP contribution in [0, 0.1) is 11.3 Å². The second-order valence-corrected chi connectivity index (χ2v) is 8.32. The van der Waals surface area contributed by atoms with Crippen LogP contribution < -0.4 is 5.32 Å². The molecule has 1 N–H and O–H groups in total. The largest absolute Gasteiger partial charge is 0.325 e. The Kier molecular flexibility index (Phi) is 5.07. The van der Waals surface area contributed by atoms with Crippen molar-refractivity contribution in [3.63, 3.8) is 0 Å². The monoisotopic (exact) mass is 369 g/mol. The SMILES string of the molecule is CCS(=O)(=O)N1Cc2ccccc2C[C@@H]1C(=O)Nc1ccc(C#N)cc1. The number of carbonyl (C=O) groups excluding carboxylic acids is 1. The van der Waals surface area contributed by atoms with Gasteiger partial charge in [-0.25, -0.2) is 8.42 Å². The van der Waals surface area contributed by atoms with Crippen LogP contribution in [0.25, 0.3) is 0 Å². The van der Waals surface area contributed by atoms with Crippen molar-refractivity contribution in [1.29, 1.82) is 5.26 Å². The zero-order valence-corrected chi connectivity index (χ0v) is 15.2. The Balaban J connectivity index is 1.89. The smallest absolute Gasteiger partial charge is 0.243 e. The van der Waals surface area contributed by atoms with Gasteiger partial charge in [-0.2, -0.15) is 9.57 Å². The first-order valence-electron chi connectivity index (χ1n) is 8.32. The highest BCUT2D eigenvalue weighted by Gasteiger charge is 2.37. The number of carbonyl (C=O) groups is 1. The molecule has 0 bridgehead atoms. The topological polar surface area (TPSA) is 90.3 Å². The number of benzene rings is 2. The van der Waals surface area contributed by atoms with Gasteiger partial charge in [0.25, 0.3) is 0 Å². The van der Waals surface area contributed by atoms with Crippen LogP contribution in [0.3, 0.4) is 0 Å². The van der Waals surface area contributed by atoms with Crippen molar-refractivity contribution in [3.05, 3.63) is 65.2 Å². The van der Waals surface area contributed by atoms with Crippen LogP contribution in [-0.2, 0) is 27.8 Å². The number of amides is 1. The van der Waals surface area contributed by atoms with Crippen LogP contribution in [0.2, 0.25) is 0 Å². The quantitative estimate of drug-likeness (QED) is 0.895. The summed E-state index contributed by atoms with van der Waals surface area (Å²) in [5, 5.41) is 11.6. The number of nitrogens with zero attached hydrogens (tertiary/aromatic N) is 2. The van der Waals surface area contributed by atoms with Crippen molar-refractivity contribution in [2.24, 2.45) is 0 Å². The van der Waals surface area contributed by atoms with Gasteiger partial charge in [-0.1, -0.05) is 24.3 Å². The van der Waals surface area contributed by atoms with Gasteiger partial charge in [-0.15, -0.1) is 0 Å². The van der Waals surface area contributed by atoms with E-state index in [9.17, 15) is 13.2 Å². The highest BCUT2D eigenvalue weighted by molar-refractivity contribution is 7.89. The molecule has 2 aromatic rings. The van der Waals surface area contributed by atoms with Gasteiger partial charge in [0.15, 0.2) is 0 Å². The third kappa shape index (κ3) is 3.62. The molecule has 6 nitrogen and oxygen atoms in total. The number of hydrogen-bond donors (Lipinski definition) is 1. The summed E-state index contributed by atoms with van der Waals surface area (Å²) in [6.07, 6.45) is 0.331. The lowest BCUT2D eigenvalue weighted by Crippen LogP contribution is -2.51. The summed E-state index contributed by atoms with van der Waals surface area (Å²) in [7, 11) is -3.53. The van der Waals surface area contributed by atoms with Crippen LogP contribution >= 0.6 is 0 Å². The zero-order valence-electron chi connectivity index (χ0n) is 14.3. The number of sulfonamides is 1. The van der Waals surface area contributed by atoms with Gasteiger partial charge in [0.05, 0.1) is 17.4 Å². The molecule has 0 aliphatic carbocycles. The van der Waals surface area contributed by atoms with Gasteiger partial charge in [0.2, 0.25) is 15.9 Å². The lowest BCUT2D eigenvalue weighted by atomic mass is 9.95. The van der Waals surface area contributed by atoms with E-state index < -0.39 is 16.1 Å². The predicted octanol–water partition coefficient (Wildman–Crippen LogP) is 2.27. The molecule has 2 aromatic carbocycles. The Labute approximate surface area is 153 Å². The van der Waals surface area contributed by atoms with E-state index in [0.29, 0.717) is 17.7 Å². The minimum absolute atomic E-state index is 0.0597. The van der Waals surface area contributed by atoms with Crippen LogP contribution in [0.1, 0.15) is 23.6 Å². The Hall–Kier alpha value is -2.69. The van der Waals surface area contributed by atoms with E-state index in [1.165, 1.54) is 4.31 Å². The summed E-state index contributed by atoms with van der Waals surface area (Å²) in [6, 6.07) is 15.3. The van der Waals surface area contributed by atoms with E-state index in [1.807, 2.05) is 30.3 Å². The maximum absolute atomic E-state index is 12.8. The summed E-state index contributed by atoms with van der Waals surface area (Å²) < 4.78 is 26.3. The molecule has 1 aliphatic heterocycles. The average molecular weight is 369 g/mol. The van der Waals surface area contributed by atoms with E-state index in [4.69, 9.17) is 5.26 Å². The first kappa shape index (κ1) is 18.1. The molecular formula is C19H19N3O3S. The van der Waals surface area contributed by atoms with Crippen molar-refractivity contribution in [1.82, 2.24) is 4.31 Å². The molecule has 134 valence electrons. The number of fused-ring (bicyclic) bond motifs is 1. The van der Waals surface area contributed by atoms with Gasteiger partial charge in [0.1, 0.15) is 6.04 Å². The van der Waals surface area contributed by atoms with Crippen LogP contribution in [-0.4, -0.2) is 30.4 Å². The fourth-order valence-electron chi connectivity index (χ4n) is 3.03. The fourth-order valence-corrected chi connectivity index (χ4v) is 4.26. The van der Waals surface area contributed by atoms with E-state index in [2.05, 4.69) is 5.32 Å². The van der Waals surface area contributed by atoms with Crippen molar-refractivity contribution in [2.75, 3.05) is 11.1 Å². The van der Waals surface area contributed by atoms with Crippen molar-refractivity contribution in [3.8, 4) is 6.07 Å². The zero-order chi connectivity index (χ0) is 18.7. The maximum atomic E-state index is 12.8. The molecule has 0 aromatic heterocycles. The van der Waals surface area contributed by atoms with E-state index >= 15 is 0 Å². The summed E-state index contributed by atoms with van der Waals surface area (Å²) in [5.41, 5.74) is 2.92. The lowest BCUT2D eigenvalue weighted by molar-refractivity contribution is -0.120. The molecule has 7 heteroatoms. The molecule has 1 heterocycles. The molecule has 0 saturated heterocycles. The summed E-state index contributed by atoms with van der Waals surface area (Å²) in [5.74, 6) is -0.434. The molecule has 0 saturated carbocycles. The molecule has 1 aliphatic rings. The summed E-state index contributed by atoms with van der Waals surface area (Å²) in [6.45, 7) is 1.77. The first-order valence-corrected chi connectivity index (χ1v) is 9.93. The Morgan fingerprint density at radius 2 is 1.85 bits per heavy atom. The van der Waals surface area contributed by atoms with E-state index in [1.54, 1.807) is 31.2 Å². The predicted molar refractivity (Wildman–Crippen MR) is 98.7 cm³/mol. The molecule has 1 amide bonds. The second-order valence-electron chi connectivity index (χ2n) is 6.11. The average Bonchev–Trinajstić information content (AvgIpc) is 2.67. The van der Waals surface area contributed by atoms with Gasteiger partial charge in [-0.3, -0.25) is 4.79 Å². The van der Waals surface area contributed by atoms with Crippen molar-refractivity contribution >= 4 is 21.6 Å². The molecule has 1 atom stereocenters. The van der Waals surface area contributed by atoms with Gasteiger partial charge >= 0.3 is 0 Å². The van der Waals surface area contributed by atoms with Gasteiger partial charge in [-0.05, 0) is 48.7 Å². The number of rotatable bonds is 4. The van der Waals surface area contributed by atoms with Crippen LogP contribution in [0.4, 0.5) is 5.69 Å². The number of nitriles is 1. The summed E-state index contributed by atoms with van der Waals surface area (Å²) in [4.78, 5) is 12.8. The fraction of sp³-hybridized carbons (Fsp3) is 0.263. The maximum Gasteiger partial charge on any atom is 0.243 e. The third-order valence-corrected chi connectivity index (χ3v) is 6.34. The number of hydrogen-bond acceptors (Lipinski definition) is 4. The first-order chi connectivity index (χ1) is 12.4.